The van der Waals surface area contributed by atoms with Crippen LogP contribution < -0.4 is 0 Å². The Kier molecular flexibility index (Phi) is 5.44. The van der Waals surface area contributed by atoms with Gasteiger partial charge in [-0.15, -0.1) is 0 Å². The van der Waals surface area contributed by atoms with Crippen molar-refractivity contribution in [2.24, 2.45) is 11.8 Å². The van der Waals surface area contributed by atoms with Gasteiger partial charge in [0, 0.05) is 38.0 Å². The Labute approximate surface area is 122 Å². The normalized spacial score (nSPS) is 21.9. The maximum absolute atomic E-state index is 12.5. The van der Waals surface area contributed by atoms with E-state index >= 15 is 0 Å². The quantitative estimate of drug-likeness (QED) is 0.778. The molecule has 0 aromatic heterocycles. The molecule has 0 unspecified atom stereocenters. The maximum Gasteiger partial charge on any atom is 0.225 e. The lowest BCUT2D eigenvalue weighted by molar-refractivity contribution is -0.138. The standard InChI is InChI=1S/C16H28N2O2/c1-13(2)15(19)17-9-6-10-18(12-11-17)16(20)14-7-4-3-5-8-14/h13-14H,3-12H2,1-2H3. The molecular formula is C16H28N2O2. The predicted molar refractivity (Wildman–Crippen MR) is 79.2 cm³/mol. The molecule has 1 saturated heterocycles. The van der Waals surface area contributed by atoms with Crippen LogP contribution in [0.25, 0.3) is 0 Å². The van der Waals surface area contributed by atoms with Gasteiger partial charge in [-0.05, 0) is 19.3 Å². The van der Waals surface area contributed by atoms with Crippen LogP contribution in [0.3, 0.4) is 0 Å². The number of carbonyl (C=O) groups excluding carboxylic acids is 2. The molecule has 0 radical (unpaired) electrons. The van der Waals surface area contributed by atoms with Crippen LogP contribution in [-0.4, -0.2) is 47.8 Å². The van der Waals surface area contributed by atoms with E-state index in [4.69, 9.17) is 0 Å². The lowest BCUT2D eigenvalue weighted by atomic mass is 9.88. The highest BCUT2D eigenvalue weighted by Crippen LogP contribution is 2.25. The Morgan fingerprint density at radius 2 is 1.45 bits per heavy atom. The first-order valence-corrected chi connectivity index (χ1v) is 8.17. The van der Waals surface area contributed by atoms with Gasteiger partial charge >= 0.3 is 0 Å². The summed E-state index contributed by atoms with van der Waals surface area (Å²) in [5, 5.41) is 0. The van der Waals surface area contributed by atoms with E-state index in [1.165, 1.54) is 19.3 Å². The second-order valence-electron chi connectivity index (χ2n) is 6.49. The molecule has 0 aromatic rings. The third-order valence-corrected chi connectivity index (χ3v) is 4.57. The van der Waals surface area contributed by atoms with Crippen molar-refractivity contribution in [3.05, 3.63) is 0 Å². The molecule has 2 amide bonds. The second-order valence-corrected chi connectivity index (χ2v) is 6.49. The highest BCUT2D eigenvalue weighted by atomic mass is 16.2. The lowest BCUT2D eigenvalue weighted by Crippen LogP contribution is -2.41. The topological polar surface area (TPSA) is 40.6 Å². The van der Waals surface area contributed by atoms with Crippen molar-refractivity contribution < 1.29 is 9.59 Å². The molecule has 0 bridgehead atoms. The second kappa shape index (κ2) is 7.09. The van der Waals surface area contributed by atoms with Gasteiger partial charge in [-0.3, -0.25) is 9.59 Å². The summed E-state index contributed by atoms with van der Waals surface area (Å²) < 4.78 is 0. The smallest absolute Gasteiger partial charge is 0.225 e. The summed E-state index contributed by atoms with van der Waals surface area (Å²) in [6, 6.07) is 0. The van der Waals surface area contributed by atoms with Crippen LogP contribution in [0.5, 0.6) is 0 Å². The van der Waals surface area contributed by atoms with Gasteiger partial charge < -0.3 is 9.80 Å². The van der Waals surface area contributed by atoms with Crippen LogP contribution in [0.1, 0.15) is 52.4 Å². The van der Waals surface area contributed by atoms with Gasteiger partial charge in [0.2, 0.25) is 11.8 Å². The van der Waals surface area contributed by atoms with Crippen molar-refractivity contribution >= 4 is 11.8 Å². The summed E-state index contributed by atoms with van der Waals surface area (Å²) >= 11 is 0. The molecule has 2 aliphatic rings. The molecule has 1 saturated carbocycles. The number of hydrogen-bond donors (Lipinski definition) is 0. The van der Waals surface area contributed by atoms with Crippen LogP contribution in [0.2, 0.25) is 0 Å². The Hall–Kier alpha value is -1.06. The average Bonchev–Trinajstić information content (AvgIpc) is 2.72. The van der Waals surface area contributed by atoms with Crippen molar-refractivity contribution in [2.75, 3.05) is 26.2 Å². The minimum Gasteiger partial charge on any atom is -0.341 e. The van der Waals surface area contributed by atoms with E-state index in [0.29, 0.717) is 19.0 Å². The van der Waals surface area contributed by atoms with E-state index in [1.807, 2.05) is 23.6 Å². The van der Waals surface area contributed by atoms with Gasteiger partial charge in [-0.1, -0.05) is 33.1 Å². The summed E-state index contributed by atoms with van der Waals surface area (Å²) in [5.74, 6) is 0.854. The van der Waals surface area contributed by atoms with E-state index in [2.05, 4.69) is 0 Å². The molecule has 0 atom stereocenters. The maximum atomic E-state index is 12.5. The zero-order chi connectivity index (χ0) is 14.5. The molecule has 1 aliphatic carbocycles. The third kappa shape index (κ3) is 3.74. The molecule has 0 aromatic carbocycles. The number of amides is 2. The van der Waals surface area contributed by atoms with Crippen molar-refractivity contribution in [3.63, 3.8) is 0 Å². The van der Waals surface area contributed by atoms with E-state index in [-0.39, 0.29) is 17.7 Å². The van der Waals surface area contributed by atoms with Gasteiger partial charge in [-0.25, -0.2) is 0 Å². The van der Waals surface area contributed by atoms with E-state index in [0.717, 1.165) is 32.4 Å². The average molecular weight is 280 g/mol. The number of nitrogens with zero attached hydrogens (tertiary/aromatic N) is 2. The molecule has 2 rings (SSSR count). The third-order valence-electron chi connectivity index (χ3n) is 4.57. The van der Waals surface area contributed by atoms with E-state index < -0.39 is 0 Å². The van der Waals surface area contributed by atoms with E-state index in [9.17, 15) is 9.59 Å². The van der Waals surface area contributed by atoms with Crippen molar-refractivity contribution in [2.45, 2.75) is 52.4 Å². The zero-order valence-corrected chi connectivity index (χ0v) is 12.9. The minimum absolute atomic E-state index is 0.0515. The fraction of sp³-hybridized carbons (Fsp3) is 0.875. The molecule has 0 spiro atoms. The molecule has 4 nitrogen and oxygen atoms in total. The first kappa shape index (κ1) is 15.3. The fourth-order valence-electron chi connectivity index (χ4n) is 3.33. The van der Waals surface area contributed by atoms with Crippen molar-refractivity contribution in [1.82, 2.24) is 9.80 Å². The lowest BCUT2D eigenvalue weighted by Gasteiger charge is -2.28. The number of hydrogen-bond acceptors (Lipinski definition) is 2. The SMILES string of the molecule is CC(C)C(=O)N1CCCN(C(=O)C2CCCCC2)CC1. The Bertz CT molecular complexity index is 348. The minimum atomic E-state index is 0.0515. The van der Waals surface area contributed by atoms with Gasteiger partial charge in [0.15, 0.2) is 0 Å². The van der Waals surface area contributed by atoms with Gasteiger partial charge in [0.1, 0.15) is 0 Å². The van der Waals surface area contributed by atoms with Crippen LogP contribution in [-0.2, 0) is 9.59 Å². The zero-order valence-electron chi connectivity index (χ0n) is 12.9. The Morgan fingerprint density at radius 1 is 0.850 bits per heavy atom. The van der Waals surface area contributed by atoms with Gasteiger partial charge in [-0.2, -0.15) is 0 Å². The van der Waals surface area contributed by atoms with Gasteiger partial charge in [0.25, 0.3) is 0 Å². The molecule has 1 aliphatic heterocycles. The highest BCUT2D eigenvalue weighted by molar-refractivity contribution is 5.80. The molecule has 2 fully saturated rings. The highest BCUT2D eigenvalue weighted by Gasteiger charge is 2.28. The largest absolute Gasteiger partial charge is 0.341 e. The first-order valence-electron chi connectivity index (χ1n) is 8.17. The summed E-state index contributed by atoms with van der Waals surface area (Å²) in [6.45, 7) is 6.92. The first-order chi connectivity index (χ1) is 9.59. The Balaban J connectivity index is 1.88. The van der Waals surface area contributed by atoms with Crippen molar-refractivity contribution in [1.29, 1.82) is 0 Å². The van der Waals surface area contributed by atoms with Crippen LogP contribution in [0, 0.1) is 11.8 Å². The number of rotatable bonds is 2. The van der Waals surface area contributed by atoms with Crippen LogP contribution >= 0.6 is 0 Å². The summed E-state index contributed by atoms with van der Waals surface area (Å²) in [4.78, 5) is 28.5. The molecular weight excluding hydrogens is 252 g/mol. The summed E-state index contributed by atoms with van der Waals surface area (Å²) in [5.41, 5.74) is 0. The predicted octanol–water partition coefficient (Wildman–Crippen LogP) is 2.28. The molecule has 1 heterocycles. The summed E-state index contributed by atoms with van der Waals surface area (Å²) in [7, 11) is 0. The van der Waals surface area contributed by atoms with Gasteiger partial charge in [0.05, 0.1) is 0 Å². The molecule has 0 N–H and O–H groups in total. The fourth-order valence-corrected chi connectivity index (χ4v) is 3.33. The van der Waals surface area contributed by atoms with E-state index in [1.54, 1.807) is 0 Å². The monoisotopic (exact) mass is 280 g/mol. The van der Waals surface area contributed by atoms with Crippen LogP contribution in [0.4, 0.5) is 0 Å². The summed E-state index contributed by atoms with van der Waals surface area (Å²) in [6.07, 6.45) is 6.70. The van der Waals surface area contributed by atoms with Crippen molar-refractivity contribution in [3.8, 4) is 0 Å². The number of carbonyl (C=O) groups is 2. The Morgan fingerprint density at radius 3 is 2.10 bits per heavy atom. The molecule has 20 heavy (non-hydrogen) atoms. The molecule has 114 valence electrons. The molecule has 4 heteroatoms. The van der Waals surface area contributed by atoms with Crippen LogP contribution in [0.15, 0.2) is 0 Å².